The Kier molecular flexibility index (Phi) is 11.8. The predicted molar refractivity (Wildman–Crippen MR) is 511 cm³/mol. The van der Waals surface area contributed by atoms with E-state index in [-0.39, 0.29) is 43.6 Å². The van der Waals surface area contributed by atoms with Gasteiger partial charge in [-0.1, -0.05) is 305 Å². The Bertz CT molecular complexity index is 8120. The Morgan fingerprint density at radius 1 is 0.268 bits per heavy atom. The number of anilines is 6. The van der Waals surface area contributed by atoms with Gasteiger partial charge < -0.3 is 28.4 Å². The monoisotopic (exact) mass is 1590 g/mol. The topological polar surface area (TPSA) is 34.8 Å². The molecule has 0 amide bonds. The number of aromatic nitrogens is 2. The van der Waals surface area contributed by atoms with Crippen LogP contribution in [0.2, 0.25) is 0 Å². The Balaban J connectivity index is 0.831. The molecular weight excluding hydrogens is 1490 g/mol. The Morgan fingerprint density at radius 2 is 0.593 bits per heavy atom. The maximum Gasteiger partial charge on any atom is 0.252 e. The molecular formula is C116H87BN4O2. The smallest absolute Gasteiger partial charge is 0.252 e. The van der Waals surface area contributed by atoms with Crippen molar-refractivity contribution in [2.24, 2.45) is 0 Å². The van der Waals surface area contributed by atoms with Crippen molar-refractivity contribution in [2.45, 2.75) is 89.4 Å². The minimum absolute atomic E-state index is 0.0614. The second kappa shape index (κ2) is 25.6. The molecule has 0 saturated carbocycles. The highest BCUT2D eigenvalue weighted by Gasteiger charge is 2.54. The van der Waals surface area contributed by atoms with E-state index in [2.05, 4.69) is 278 Å². The Morgan fingerprint density at radius 3 is 0.951 bits per heavy atom. The molecule has 6 aliphatic rings. The molecule has 0 unspecified atom stereocenters. The van der Waals surface area contributed by atoms with Crippen LogP contribution in [-0.2, 0) is 27.1 Å². The van der Waals surface area contributed by atoms with Crippen LogP contribution < -0.4 is 35.7 Å². The fourth-order valence-electron chi connectivity index (χ4n) is 21.5. The number of fused-ring (bicyclic) bond motifs is 28. The van der Waals surface area contributed by atoms with Crippen molar-refractivity contribution in [1.82, 2.24) is 9.13 Å². The lowest BCUT2D eigenvalue weighted by Gasteiger charge is -2.46. The van der Waals surface area contributed by atoms with Gasteiger partial charge in [0.25, 0.3) is 6.71 Å². The predicted octanol–water partition coefficient (Wildman–Crippen LogP) is 28.1. The van der Waals surface area contributed by atoms with Gasteiger partial charge in [-0.15, -0.1) is 0 Å². The van der Waals surface area contributed by atoms with Crippen LogP contribution in [0.3, 0.4) is 0 Å². The van der Waals surface area contributed by atoms with E-state index in [9.17, 15) is 21.9 Å². The summed E-state index contributed by atoms with van der Waals surface area (Å²) in [6.07, 6.45) is 0. The van der Waals surface area contributed by atoms with E-state index >= 15 is 0 Å². The molecule has 25 rings (SSSR count). The SMILES string of the molecule is [2H]c1c([2H])c([2H])c2c(c1[2H])c1c([2H])c([2H])c([2H])c([2H])c1n2-c1ccc2c(c1)N(c1ccc(C(C)(C)C)cc1-c1ccc3c(c1)C1(c4ccccc4O3)c3ccccc3-c3ccccc31)c1cc(C(C)(C)C)cc3c1B2c1ccc(-n2c4c([2H])c([2H])c([2H])c([2H])c4c4c([2H])c([2H])c([2H])c([2H])c42)cc1N3c1ccc(C(C)(C)C)cc1-c1ccc2c(c1)C1(c3ccccc3O2)c2ccccc2-c2ccccc21. The number of benzene rings is 17. The normalized spacial score (nSPS) is 16.3. The average molecular weight is 1600 g/mol. The second-order valence-electron chi connectivity index (χ2n) is 36.6. The third kappa shape index (κ3) is 9.93. The largest absolute Gasteiger partial charge is 0.457 e. The van der Waals surface area contributed by atoms with Crippen molar-refractivity contribution in [3.8, 4) is 78.9 Å². The van der Waals surface area contributed by atoms with Crippen molar-refractivity contribution in [2.75, 3.05) is 9.80 Å². The number of hydrogen-bond donors (Lipinski definition) is 0. The molecule has 2 aromatic heterocycles. The third-order valence-electron chi connectivity index (χ3n) is 27.0. The maximum absolute atomic E-state index is 10.0. The van der Waals surface area contributed by atoms with E-state index in [0.717, 1.165) is 145 Å². The highest BCUT2D eigenvalue weighted by Crippen LogP contribution is 2.66. The molecule has 4 aliphatic heterocycles. The van der Waals surface area contributed by atoms with E-state index in [1.165, 1.54) is 0 Å². The molecule has 6 heterocycles. The van der Waals surface area contributed by atoms with Crippen molar-refractivity contribution < 1.29 is 31.4 Å². The molecule has 123 heavy (non-hydrogen) atoms. The molecule has 0 N–H and O–H groups in total. The number of rotatable bonds is 6. The first kappa shape index (κ1) is 56.9. The van der Waals surface area contributed by atoms with Crippen molar-refractivity contribution in [3.63, 3.8) is 0 Å². The highest BCUT2D eigenvalue weighted by atomic mass is 16.5. The van der Waals surface area contributed by atoms with Crippen LogP contribution in [0.1, 0.15) is 145 Å². The fourth-order valence-corrected chi connectivity index (χ4v) is 21.5. The summed E-state index contributed by atoms with van der Waals surface area (Å²) in [4.78, 5) is 4.64. The van der Waals surface area contributed by atoms with Gasteiger partial charge in [-0.2, -0.15) is 0 Å². The van der Waals surface area contributed by atoms with Crippen LogP contribution in [0, 0.1) is 0 Å². The van der Waals surface area contributed by atoms with Gasteiger partial charge >= 0.3 is 0 Å². The molecule has 6 nitrogen and oxygen atoms in total. The van der Waals surface area contributed by atoms with Gasteiger partial charge in [-0.25, -0.2) is 0 Å². The van der Waals surface area contributed by atoms with Gasteiger partial charge in [0.2, 0.25) is 0 Å². The van der Waals surface area contributed by atoms with Crippen LogP contribution in [0.5, 0.6) is 23.0 Å². The number of nitrogens with zero attached hydrogens (tertiary/aromatic N) is 4. The van der Waals surface area contributed by atoms with E-state index in [0.29, 0.717) is 45.6 Å². The lowest BCUT2D eigenvalue weighted by atomic mass is 9.33. The van der Waals surface area contributed by atoms with Crippen LogP contribution >= 0.6 is 0 Å². The number of hydrogen-bond acceptors (Lipinski definition) is 4. The molecule has 0 bridgehead atoms. The number of para-hydroxylation sites is 6. The molecule has 2 spiro atoms. The average Bonchev–Trinajstić information content (AvgIpc) is 1.31. The minimum atomic E-state index is -0.897. The summed E-state index contributed by atoms with van der Waals surface area (Å²) in [5, 5.41) is -0.330. The second-order valence-corrected chi connectivity index (χ2v) is 36.6. The zero-order valence-corrected chi connectivity index (χ0v) is 69.1. The molecule has 7 heteroatoms. The van der Waals surface area contributed by atoms with E-state index in [1.807, 2.05) is 60.7 Å². The van der Waals surface area contributed by atoms with E-state index in [1.54, 1.807) is 9.13 Å². The first-order valence-electron chi connectivity index (χ1n) is 50.2. The van der Waals surface area contributed by atoms with Crippen LogP contribution in [-0.4, -0.2) is 15.8 Å². The Labute approximate surface area is 740 Å². The fraction of sp³-hybridized carbons (Fsp3) is 0.121. The zero-order chi connectivity index (χ0) is 96.4. The molecule has 0 saturated heterocycles. The van der Waals surface area contributed by atoms with Crippen molar-refractivity contribution in [3.05, 3.63) is 425 Å². The first-order chi connectivity index (χ1) is 66.5. The molecule has 17 aromatic carbocycles. The summed E-state index contributed by atoms with van der Waals surface area (Å²) >= 11 is 0. The summed E-state index contributed by atoms with van der Waals surface area (Å²) in [5.74, 6) is 2.83. The van der Waals surface area contributed by atoms with Gasteiger partial charge in [0.05, 0.1) is 66.2 Å². The molecule has 586 valence electrons. The van der Waals surface area contributed by atoms with Gasteiger partial charge in [-0.05, 0) is 226 Å². The zero-order valence-electron chi connectivity index (χ0n) is 85.1. The summed E-state index contributed by atoms with van der Waals surface area (Å²) in [6.45, 7) is 19.0. The summed E-state index contributed by atoms with van der Waals surface area (Å²) in [6, 6.07) is 85.7. The van der Waals surface area contributed by atoms with E-state index in [4.69, 9.17) is 9.47 Å². The molecule has 0 atom stereocenters. The molecule has 2 aliphatic carbocycles. The summed E-state index contributed by atoms with van der Waals surface area (Å²) < 4.78 is 171. The van der Waals surface area contributed by atoms with Gasteiger partial charge in [-0.3, -0.25) is 0 Å². The standard InChI is InChI=1S/C116H87BN4O2/c1-112(2,3)72-52-58-101(85(64-72)70-50-60-109-93(62-70)115(91-42-22-28-48-107(91)122-109)87-38-18-10-30-77(87)78-31-11-19-39-88(78)115)120-103-68-75(118-97-44-24-14-34-81(97)82-35-15-25-45-98(82)118)54-56-95(103)117-96-57-55-76(119-99-46-26-16-36-83(99)84-37-17-27-47-100(84)119)69-104(96)121(106-67-74(114(7,8)9)66-105(120)111(106)117)102-59-53-73(113(4,5)6)65-86(102)71-51-61-110-94(63-71)116(92-43-23-29-49-108(92)123-110)89-40-20-12-32-79(89)80-33-13-21-41-90(80)116/h10-69H,1-9H3/i14D,15D,16D,17D,24D,25D,26D,27D,34D,35D,36D,37D,44D,45D,46D,47D. The van der Waals surface area contributed by atoms with Gasteiger partial charge in [0, 0.05) is 89.0 Å². The molecule has 0 radical (unpaired) electrons. The van der Waals surface area contributed by atoms with Crippen LogP contribution in [0.4, 0.5) is 34.1 Å². The van der Waals surface area contributed by atoms with Crippen LogP contribution in [0.25, 0.3) is 99.5 Å². The quantitative estimate of drug-likeness (QED) is 0.155. The molecule has 0 fully saturated rings. The van der Waals surface area contributed by atoms with Crippen molar-refractivity contribution in [1.29, 1.82) is 0 Å². The summed E-state index contributed by atoms with van der Waals surface area (Å²) in [7, 11) is 0. The van der Waals surface area contributed by atoms with Gasteiger partial charge in [0.1, 0.15) is 23.0 Å². The molecule has 19 aromatic rings. The maximum atomic E-state index is 10.0. The van der Waals surface area contributed by atoms with E-state index < -0.39 is 130 Å². The minimum Gasteiger partial charge on any atom is -0.457 e. The lowest BCUT2D eigenvalue weighted by molar-refractivity contribution is 0.436. The Hall–Kier alpha value is -14.4. The first-order valence-corrected chi connectivity index (χ1v) is 42.2. The van der Waals surface area contributed by atoms with Crippen LogP contribution in [0.15, 0.2) is 364 Å². The highest BCUT2D eigenvalue weighted by molar-refractivity contribution is 7.00. The third-order valence-corrected chi connectivity index (χ3v) is 27.0. The van der Waals surface area contributed by atoms with Gasteiger partial charge in [0.15, 0.2) is 0 Å². The number of ether oxygens (including phenoxy) is 2. The summed E-state index contributed by atoms with van der Waals surface area (Å²) in [5.41, 5.74) is 22.2. The lowest BCUT2D eigenvalue weighted by Crippen LogP contribution is -2.61. The van der Waals surface area contributed by atoms with Crippen molar-refractivity contribution >= 4 is 101 Å².